The zero-order valence-electron chi connectivity index (χ0n) is 16.2. The van der Waals surface area contributed by atoms with Gasteiger partial charge in [-0.1, -0.05) is 46.3 Å². The largest absolute Gasteiger partial charge is 0.507 e. The van der Waals surface area contributed by atoms with Gasteiger partial charge >= 0.3 is 5.69 Å². The monoisotopic (exact) mass is 483 g/mol. The Morgan fingerprint density at radius 3 is 2.74 bits per heavy atom. The number of carbonyl (C=O) groups excluding carboxylic acids is 1. The van der Waals surface area contributed by atoms with E-state index in [0.29, 0.717) is 17.5 Å². The summed E-state index contributed by atoms with van der Waals surface area (Å²) in [7, 11) is 0. The highest BCUT2D eigenvalue weighted by atomic mass is 79.9. The fourth-order valence-electron chi connectivity index (χ4n) is 2.81. The Morgan fingerprint density at radius 1 is 1.32 bits per heavy atom. The summed E-state index contributed by atoms with van der Waals surface area (Å²) in [5, 5.41) is 29.4. The van der Waals surface area contributed by atoms with Gasteiger partial charge in [-0.05, 0) is 35.7 Å². The van der Waals surface area contributed by atoms with E-state index < -0.39 is 16.5 Å². The van der Waals surface area contributed by atoms with Gasteiger partial charge in [-0.15, -0.1) is 6.58 Å². The molecule has 0 aliphatic heterocycles. The number of hydrazone groups is 1. The number of nitrogens with zero attached hydrogens (tertiary/aromatic N) is 4. The number of halogens is 1. The number of allylic oxidation sites excluding steroid dienone is 1. The molecule has 0 saturated carbocycles. The molecule has 0 unspecified atom stereocenters. The predicted molar refractivity (Wildman–Crippen MR) is 119 cm³/mol. The van der Waals surface area contributed by atoms with E-state index in [2.05, 4.69) is 38.1 Å². The molecule has 1 heterocycles. The topological polar surface area (TPSA) is 123 Å². The number of hydrogen-bond acceptors (Lipinski definition) is 6. The van der Waals surface area contributed by atoms with Crippen molar-refractivity contribution in [3.05, 3.63) is 98.3 Å². The maximum atomic E-state index is 12.4. The van der Waals surface area contributed by atoms with Crippen LogP contribution in [0, 0.1) is 10.1 Å². The van der Waals surface area contributed by atoms with E-state index in [1.165, 1.54) is 17.1 Å². The van der Waals surface area contributed by atoms with Crippen LogP contribution in [0.2, 0.25) is 0 Å². The van der Waals surface area contributed by atoms with Gasteiger partial charge in [-0.3, -0.25) is 19.6 Å². The molecule has 0 bridgehead atoms. The highest BCUT2D eigenvalue weighted by Gasteiger charge is 2.25. The highest BCUT2D eigenvalue weighted by Crippen LogP contribution is 2.22. The van der Waals surface area contributed by atoms with E-state index in [4.69, 9.17) is 0 Å². The first-order valence-electron chi connectivity index (χ1n) is 9.10. The van der Waals surface area contributed by atoms with Gasteiger partial charge in [0.1, 0.15) is 11.9 Å². The van der Waals surface area contributed by atoms with Gasteiger partial charge in [0.05, 0.1) is 17.7 Å². The van der Waals surface area contributed by atoms with E-state index in [0.717, 1.165) is 10.0 Å². The maximum absolute atomic E-state index is 12.4. The van der Waals surface area contributed by atoms with Crippen LogP contribution in [0.25, 0.3) is 0 Å². The van der Waals surface area contributed by atoms with Crippen molar-refractivity contribution in [1.29, 1.82) is 0 Å². The number of aromatic hydroxyl groups is 1. The van der Waals surface area contributed by atoms with Crippen LogP contribution in [0.5, 0.6) is 5.75 Å². The third-order valence-corrected chi connectivity index (χ3v) is 4.83. The zero-order chi connectivity index (χ0) is 22.4. The maximum Gasteiger partial charge on any atom is 0.320 e. The first kappa shape index (κ1) is 21.9. The van der Waals surface area contributed by atoms with Gasteiger partial charge in [-0.25, -0.2) is 5.43 Å². The van der Waals surface area contributed by atoms with Crippen molar-refractivity contribution in [2.45, 2.75) is 13.0 Å². The molecule has 10 heteroatoms. The van der Waals surface area contributed by atoms with Crippen LogP contribution in [0.1, 0.15) is 27.2 Å². The third-order valence-electron chi connectivity index (χ3n) is 4.30. The van der Waals surface area contributed by atoms with Crippen molar-refractivity contribution < 1.29 is 14.8 Å². The van der Waals surface area contributed by atoms with Gasteiger partial charge in [0, 0.05) is 10.0 Å². The minimum Gasteiger partial charge on any atom is -0.507 e. The average molecular weight is 484 g/mol. The fourth-order valence-corrected chi connectivity index (χ4v) is 3.08. The van der Waals surface area contributed by atoms with Crippen LogP contribution in [-0.4, -0.2) is 31.9 Å². The summed E-state index contributed by atoms with van der Waals surface area (Å²) in [4.78, 5) is 23.1. The first-order chi connectivity index (χ1) is 14.9. The predicted octanol–water partition coefficient (Wildman–Crippen LogP) is 3.80. The standard InChI is InChI=1S/C21H18BrN5O4/c1-2-4-15-5-3-6-16(20(15)28)11-23-24-21(29)19-18(27(30)31)13-26(25-19)12-14-7-9-17(22)10-8-14/h2-3,5-11,13,28H,1,4,12H2,(H,24,29). The third kappa shape index (κ3) is 5.43. The number of amides is 1. The summed E-state index contributed by atoms with van der Waals surface area (Å²) in [5.41, 5.74) is 3.34. The molecule has 0 spiro atoms. The molecule has 3 aromatic rings. The lowest BCUT2D eigenvalue weighted by Crippen LogP contribution is -2.19. The molecule has 0 radical (unpaired) electrons. The van der Waals surface area contributed by atoms with Crippen molar-refractivity contribution >= 4 is 33.7 Å². The molecule has 31 heavy (non-hydrogen) atoms. The summed E-state index contributed by atoms with van der Waals surface area (Å²) < 4.78 is 2.23. The summed E-state index contributed by atoms with van der Waals surface area (Å²) in [6, 6.07) is 12.5. The minimum absolute atomic E-state index is 0.0187. The van der Waals surface area contributed by atoms with Crippen LogP contribution in [0.4, 0.5) is 5.69 Å². The smallest absolute Gasteiger partial charge is 0.320 e. The molecule has 158 valence electrons. The summed E-state index contributed by atoms with van der Waals surface area (Å²) >= 11 is 3.34. The fraction of sp³-hybridized carbons (Fsp3) is 0.0952. The number of hydrogen-bond donors (Lipinski definition) is 2. The molecule has 0 atom stereocenters. The molecule has 9 nitrogen and oxygen atoms in total. The molecule has 0 aliphatic rings. The van der Waals surface area contributed by atoms with Crippen molar-refractivity contribution in [3.8, 4) is 5.75 Å². The molecule has 2 aromatic carbocycles. The van der Waals surface area contributed by atoms with Crippen molar-refractivity contribution in [2.24, 2.45) is 5.10 Å². The van der Waals surface area contributed by atoms with Gasteiger partial charge in [-0.2, -0.15) is 10.2 Å². The minimum atomic E-state index is -0.834. The lowest BCUT2D eigenvalue weighted by molar-refractivity contribution is -0.385. The number of aromatic nitrogens is 2. The molecule has 3 rings (SSSR count). The van der Waals surface area contributed by atoms with Crippen LogP contribution >= 0.6 is 15.9 Å². The average Bonchev–Trinajstić information content (AvgIpc) is 3.17. The molecule has 1 amide bonds. The van der Waals surface area contributed by atoms with E-state index in [9.17, 15) is 20.0 Å². The Bertz CT molecular complexity index is 1160. The quantitative estimate of drug-likeness (QED) is 0.218. The summed E-state index contributed by atoms with van der Waals surface area (Å²) in [5.74, 6) is -0.815. The van der Waals surface area contributed by atoms with E-state index >= 15 is 0 Å². The second-order valence-corrected chi connectivity index (χ2v) is 7.41. The second-order valence-electron chi connectivity index (χ2n) is 6.49. The number of phenols is 1. The number of rotatable bonds is 8. The van der Waals surface area contributed by atoms with Gasteiger partial charge in [0.25, 0.3) is 5.91 Å². The molecule has 0 aliphatic carbocycles. The zero-order valence-corrected chi connectivity index (χ0v) is 17.8. The molecule has 1 aromatic heterocycles. The Hall–Kier alpha value is -3.79. The lowest BCUT2D eigenvalue weighted by atomic mass is 10.1. The first-order valence-corrected chi connectivity index (χ1v) is 9.89. The molecular formula is C21H18BrN5O4. The molecule has 0 saturated heterocycles. The van der Waals surface area contributed by atoms with Crippen LogP contribution < -0.4 is 5.43 Å². The number of nitrogens with one attached hydrogen (secondary N) is 1. The van der Waals surface area contributed by atoms with Gasteiger partial charge in [0.2, 0.25) is 5.69 Å². The highest BCUT2D eigenvalue weighted by molar-refractivity contribution is 9.10. The molecule has 0 fully saturated rings. The lowest BCUT2D eigenvalue weighted by Gasteiger charge is -2.04. The van der Waals surface area contributed by atoms with Crippen molar-refractivity contribution in [1.82, 2.24) is 15.2 Å². The van der Waals surface area contributed by atoms with E-state index in [1.54, 1.807) is 24.3 Å². The van der Waals surface area contributed by atoms with E-state index in [-0.39, 0.29) is 18.0 Å². The Balaban J connectivity index is 1.76. The summed E-state index contributed by atoms with van der Waals surface area (Å²) in [6.45, 7) is 3.89. The molecule has 2 N–H and O–H groups in total. The Kier molecular flexibility index (Phi) is 6.93. The number of nitro groups is 1. The normalized spacial score (nSPS) is 10.9. The second kappa shape index (κ2) is 9.81. The Morgan fingerprint density at radius 2 is 2.06 bits per heavy atom. The number of phenolic OH excluding ortho intramolecular Hbond substituents is 1. The number of carbonyl (C=O) groups is 1. The van der Waals surface area contributed by atoms with Crippen molar-refractivity contribution in [2.75, 3.05) is 0 Å². The Labute approximate surface area is 186 Å². The van der Waals surface area contributed by atoms with Crippen molar-refractivity contribution in [3.63, 3.8) is 0 Å². The number of para-hydroxylation sites is 1. The summed E-state index contributed by atoms with van der Waals surface area (Å²) in [6.07, 6.45) is 4.58. The van der Waals surface area contributed by atoms with Gasteiger partial charge < -0.3 is 5.11 Å². The van der Waals surface area contributed by atoms with Gasteiger partial charge in [0.15, 0.2) is 0 Å². The molecular weight excluding hydrogens is 466 g/mol. The van der Waals surface area contributed by atoms with Crippen LogP contribution in [-0.2, 0) is 13.0 Å². The van der Waals surface area contributed by atoms with Crippen LogP contribution in [0.3, 0.4) is 0 Å². The SMILES string of the molecule is C=CCc1cccc(C=NNC(=O)c2nn(Cc3ccc(Br)cc3)cc2[N+](=O)[O-])c1O. The number of benzene rings is 2. The van der Waals surface area contributed by atoms with Crippen LogP contribution in [0.15, 0.2) is 70.9 Å². The van der Waals surface area contributed by atoms with E-state index in [1.807, 2.05) is 24.3 Å².